The topological polar surface area (TPSA) is 122 Å². The van der Waals surface area contributed by atoms with Crippen LogP contribution in [0, 0.1) is 10.1 Å². The summed E-state index contributed by atoms with van der Waals surface area (Å²) >= 11 is 13.4. The van der Waals surface area contributed by atoms with Crippen molar-refractivity contribution in [2.45, 2.75) is 12.5 Å². The highest BCUT2D eigenvalue weighted by molar-refractivity contribution is 7.98. The number of amides is 2. The summed E-state index contributed by atoms with van der Waals surface area (Å²) in [4.78, 5) is 35.4. The number of nitrogens with zero attached hydrogens (tertiary/aromatic N) is 1. The molecule has 2 aromatic rings. The molecule has 0 radical (unpaired) electrons. The van der Waals surface area contributed by atoms with E-state index in [0.717, 1.165) is 6.07 Å². The molecule has 2 amide bonds. The number of carbonyl (C=O) groups excluding carboxylic acids is 2. The number of hydrogen-bond donors (Lipinski definition) is 3. The van der Waals surface area contributed by atoms with Crippen LogP contribution in [0.2, 0.25) is 10.0 Å². The lowest BCUT2D eigenvalue weighted by molar-refractivity contribution is -0.384. The Kier molecular flexibility index (Phi) is 8.12. The van der Waals surface area contributed by atoms with Gasteiger partial charge in [-0.15, -0.1) is 0 Å². The molecular formula is C18H17Cl2N3O5S. The van der Waals surface area contributed by atoms with Gasteiger partial charge in [0.2, 0.25) is 5.91 Å². The van der Waals surface area contributed by atoms with Crippen LogP contribution in [-0.2, 0) is 4.79 Å². The van der Waals surface area contributed by atoms with Crippen molar-refractivity contribution in [1.29, 1.82) is 0 Å². The average molecular weight is 458 g/mol. The molecule has 154 valence electrons. The molecule has 1 atom stereocenters. The van der Waals surface area contributed by atoms with Crippen molar-refractivity contribution < 1.29 is 19.6 Å². The monoisotopic (exact) mass is 457 g/mol. The fraction of sp³-hybridized carbons (Fsp3) is 0.222. The first-order chi connectivity index (χ1) is 13.7. The molecule has 0 heterocycles. The van der Waals surface area contributed by atoms with Gasteiger partial charge in [0.1, 0.15) is 11.8 Å². The minimum Gasteiger partial charge on any atom is -0.507 e. The van der Waals surface area contributed by atoms with Crippen LogP contribution in [0.15, 0.2) is 36.4 Å². The number of halogens is 2. The van der Waals surface area contributed by atoms with Crippen molar-refractivity contribution in [3.05, 3.63) is 62.1 Å². The number of anilines is 1. The van der Waals surface area contributed by atoms with Gasteiger partial charge in [0.15, 0.2) is 0 Å². The summed E-state index contributed by atoms with van der Waals surface area (Å²) < 4.78 is 0. The zero-order chi connectivity index (χ0) is 21.6. The maximum atomic E-state index is 12.7. The third kappa shape index (κ3) is 6.25. The molecule has 0 saturated heterocycles. The molecule has 0 aliphatic carbocycles. The van der Waals surface area contributed by atoms with E-state index < -0.39 is 22.8 Å². The Morgan fingerprint density at radius 3 is 2.59 bits per heavy atom. The maximum absolute atomic E-state index is 12.7. The first-order valence-corrected chi connectivity index (χ1v) is 10.4. The number of non-ortho nitro benzene ring substituents is 1. The smallest absolute Gasteiger partial charge is 0.271 e. The molecule has 0 aromatic heterocycles. The van der Waals surface area contributed by atoms with Crippen molar-refractivity contribution in [1.82, 2.24) is 5.32 Å². The van der Waals surface area contributed by atoms with Crippen LogP contribution >= 0.6 is 35.0 Å². The summed E-state index contributed by atoms with van der Waals surface area (Å²) in [6.07, 6.45) is 2.16. The van der Waals surface area contributed by atoms with Gasteiger partial charge in [0, 0.05) is 17.2 Å². The quantitative estimate of drug-likeness (QED) is 0.405. The van der Waals surface area contributed by atoms with Gasteiger partial charge < -0.3 is 15.7 Å². The Labute approximate surface area is 180 Å². The van der Waals surface area contributed by atoms with E-state index in [0.29, 0.717) is 12.2 Å². The molecule has 0 bridgehead atoms. The number of nitrogens with one attached hydrogen (secondary N) is 2. The molecule has 0 spiro atoms. The lowest BCUT2D eigenvalue weighted by Crippen LogP contribution is -2.44. The first kappa shape index (κ1) is 22.8. The standard InChI is InChI=1S/C18H17Cl2N3O5S/c1-29-7-6-15(22-17(25)12-8-10(19)2-5-16(12)24)18(26)21-14-4-3-11(23(27)28)9-13(14)20/h2-5,8-9,15,24H,6-7H2,1H3,(H,21,26)(H,22,25). The highest BCUT2D eigenvalue weighted by Crippen LogP contribution is 2.27. The normalized spacial score (nSPS) is 11.6. The van der Waals surface area contributed by atoms with Gasteiger partial charge >= 0.3 is 0 Å². The number of aromatic hydroxyl groups is 1. The Morgan fingerprint density at radius 1 is 1.24 bits per heavy atom. The van der Waals surface area contributed by atoms with Crippen molar-refractivity contribution in [2.75, 3.05) is 17.3 Å². The van der Waals surface area contributed by atoms with Crippen LogP contribution in [-0.4, -0.2) is 39.9 Å². The number of phenols is 1. The zero-order valence-corrected chi connectivity index (χ0v) is 17.5. The van der Waals surface area contributed by atoms with Gasteiger partial charge in [-0.1, -0.05) is 23.2 Å². The van der Waals surface area contributed by atoms with E-state index in [1.165, 1.54) is 42.1 Å². The lowest BCUT2D eigenvalue weighted by Gasteiger charge is -2.19. The van der Waals surface area contributed by atoms with E-state index in [1.807, 2.05) is 6.26 Å². The van der Waals surface area contributed by atoms with Crippen LogP contribution in [0.4, 0.5) is 11.4 Å². The number of nitro groups is 1. The largest absolute Gasteiger partial charge is 0.507 e. The van der Waals surface area contributed by atoms with Crippen LogP contribution in [0.1, 0.15) is 16.8 Å². The molecule has 2 rings (SSSR count). The van der Waals surface area contributed by atoms with Crippen molar-refractivity contribution in [3.63, 3.8) is 0 Å². The molecule has 3 N–H and O–H groups in total. The third-order valence-corrected chi connectivity index (χ3v) is 5.05. The number of hydrogen-bond acceptors (Lipinski definition) is 6. The van der Waals surface area contributed by atoms with Crippen LogP contribution in [0.25, 0.3) is 0 Å². The summed E-state index contributed by atoms with van der Waals surface area (Å²) in [5, 5.41) is 26.1. The number of thioether (sulfide) groups is 1. The molecule has 8 nitrogen and oxygen atoms in total. The minimum atomic E-state index is -0.931. The average Bonchev–Trinajstić information content (AvgIpc) is 2.68. The van der Waals surface area contributed by atoms with Gasteiger partial charge in [0.25, 0.3) is 11.6 Å². The van der Waals surface area contributed by atoms with Crippen LogP contribution in [0.3, 0.4) is 0 Å². The van der Waals surface area contributed by atoms with Gasteiger partial charge in [-0.3, -0.25) is 19.7 Å². The summed E-state index contributed by atoms with van der Waals surface area (Å²) in [5.74, 6) is -0.909. The molecule has 1 unspecified atom stereocenters. The molecule has 11 heteroatoms. The maximum Gasteiger partial charge on any atom is 0.271 e. The van der Waals surface area contributed by atoms with Gasteiger partial charge in [0.05, 0.1) is 21.2 Å². The fourth-order valence-corrected chi connectivity index (χ4v) is 3.23. The molecule has 0 aliphatic heterocycles. The molecule has 0 aliphatic rings. The first-order valence-electron chi connectivity index (χ1n) is 8.26. The SMILES string of the molecule is CSCCC(NC(=O)c1cc(Cl)ccc1O)C(=O)Nc1ccc([N+](=O)[O-])cc1Cl. The van der Waals surface area contributed by atoms with Gasteiger partial charge in [-0.25, -0.2) is 0 Å². The van der Waals surface area contributed by atoms with Crippen molar-refractivity contribution >= 4 is 58.2 Å². The van der Waals surface area contributed by atoms with E-state index >= 15 is 0 Å². The van der Waals surface area contributed by atoms with Gasteiger partial charge in [-0.2, -0.15) is 11.8 Å². The number of rotatable bonds is 8. The highest BCUT2D eigenvalue weighted by Gasteiger charge is 2.24. The third-order valence-electron chi connectivity index (χ3n) is 3.86. The van der Waals surface area contributed by atoms with E-state index in [2.05, 4.69) is 10.6 Å². The molecule has 0 saturated carbocycles. The highest BCUT2D eigenvalue weighted by atomic mass is 35.5. The van der Waals surface area contributed by atoms with Crippen molar-refractivity contribution in [2.24, 2.45) is 0 Å². The van der Waals surface area contributed by atoms with E-state index in [1.54, 1.807) is 0 Å². The molecular weight excluding hydrogens is 441 g/mol. The summed E-state index contributed by atoms with van der Waals surface area (Å²) in [6, 6.07) is 6.72. The van der Waals surface area contributed by atoms with Crippen LogP contribution < -0.4 is 10.6 Å². The van der Waals surface area contributed by atoms with E-state index in [4.69, 9.17) is 23.2 Å². The molecule has 29 heavy (non-hydrogen) atoms. The number of benzene rings is 2. The predicted octanol–water partition coefficient (Wildman–Crippen LogP) is 4.10. The zero-order valence-electron chi connectivity index (χ0n) is 15.1. The molecule has 2 aromatic carbocycles. The summed E-state index contributed by atoms with van der Waals surface area (Å²) in [5.41, 5.74) is -0.0965. The summed E-state index contributed by atoms with van der Waals surface area (Å²) in [6.45, 7) is 0. The predicted molar refractivity (Wildman–Crippen MR) is 114 cm³/mol. The Morgan fingerprint density at radius 2 is 1.97 bits per heavy atom. The number of carbonyl (C=O) groups is 2. The van der Waals surface area contributed by atoms with Crippen LogP contribution in [0.5, 0.6) is 5.75 Å². The number of nitro benzene ring substituents is 1. The minimum absolute atomic E-state index is 0.00465. The Balaban J connectivity index is 2.18. The Hall–Kier alpha value is -2.49. The fourth-order valence-electron chi connectivity index (χ4n) is 2.37. The molecule has 0 fully saturated rings. The second kappa shape index (κ2) is 10.3. The van der Waals surface area contributed by atoms with Crippen molar-refractivity contribution in [3.8, 4) is 5.75 Å². The lowest BCUT2D eigenvalue weighted by atomic mass is 10.1. The van der Waals surface area contributed by atoms with E-state index in [-0.39, 0.29) is 32.7 Å². The second-order valence-electron chi connectivity index (χ2n) is 5.88. The Bertz CT molecular complexity index is 942. The van der Waals surface area contributed by atoms with E-state index in [9.17, 15) is 24.8 Å². The summed E-state index contributed by atoms with van der Waals surface area (Å²) in [7, 11) is 0. The number of phenolic OH excluding ortho intramolecular Hbond substituents is 1. The van der Waals surface area contributed by atoms with Gasteiger partial charge in [-0.05, 0) is 42.7 Å². The second-order valence-corrected chi connectivity index (χ2v) is 7.71.